The normalized spacial score (nSPS) is 17.6. The van der Waals surface area contributed by atoms with Crippen LogP contribution in [0.2, 0.25) is 0 Å². The Labute approximate surface area is 109 Å². The van der Waals surface area contributed by atoms with Crippen molar-refractivity contribution in [3.63, 3.8) is 0 Å². The molecule has 2 rings (SSSR count). The molecular weight excluding hydrogens is 228 g/mol. The predicted molar refractivity (Wildman–Crippen MR) is 70.9 cm³/mol. The topological polar surface area (TPSA) is 38.5 Å². The highest BCUT2D eigenvalue weighted by atomic mass is 16.5. The van der Waals surface area contributed by atoms with E-state index in [1.165, 1.54) is 0 Å². The number of nitrogens with zero attached hydrogens (tertiary/aromatic N) is 2. The van der Waals surface area contributed by atoms with Crippen molar-refractivity contribution in [2.75, 3.05) is 32.8 Å². The van der Waals surface area contributed by atoms with Gasteiger partial charge in [-0.05, 0) is 19.9 Å². The van der Waals surface area contributed by atoms with Gasteiger partial charge >= 0.3 is 0 Å². The third kappa shape index (κ3) is 3.56. The maximum atomic E-state index is 5.81. The molecule has 0 bridgehead atoms. The van der Waals surface area contributed by atoms with Crippen molar-refractivity contribution in [3.05, 3.63) is 17.3 Å². The van der Waals surface area contributed by atoms with Gasteiger partial charge in [-0.3, -0.25) is 4.90 Å². The predicted octanol–water partition coefficient (Wildman–Crippen LogP) is 2.37. The number of hydrogen-bond acceptors (Lipinski definition) is 4. The van der Waals surface area contributed by atoms with Crippen LogP contribution in [0.5, 0.6) is 0 Å². The molecule has 1 fully saturated rings. The Kier molecular flexibility index (Phi) is 4.78. The van der Waals surface area contributed by atoms with Crippen molar-refractivity contribution in [1.29, 1.82) is 0 Å². The van der Waals surface area contributed by atoms with E-state index in [-0.39, 0.29) is 0 Å². The molecule has 0 amide bonds. The first kappa shape index (κ1) is 13.6. The molecule has 0 unspecified atom stereocenters. The number of rotatable bonds is 5. The van der Waals surface area contributed by atoms with Crippen LogP contribution in [-0.2, 0) is 11.2 Å². The van der Waals surface area contributed by atoms with Crippen molar-refractivity contribution in [1.82, 2.24) is 9.88 Å². The van der Waals surface area contributed by atoms with E-state index < -0.39 is 0 Å². The van der Waals surface area contributed by atoms with E-state index >= 15 is 0 Å². The van der Waals surface area contributed by atoms with E-state index in [2.05, 4.69) is 23.7 Å². The standard InChI is InChI=1S/C14H24N2O2/c1-11(2)14-12(3)15-13(18-14)5-4-6-16-7-9-17-10-8-16/h11H,4-10H2,1-3H3. The zero-order valence-corrected chi connectivity index (χ0v) is 11.7. The molecule has 0 aromatic carbocycles. The van der Waals surface area contributed by atoms with E-state index in [1.54, 1.807) is 0 Å². The average Bonchev–Trinajstić information content (AvgIpc) is 2.72. The van der Waals surface area contributed by atoms with Gasteiger partial charge in [0.1, 0.15) is 5.76 Å². The molecule has 18 heavy (non-hydrogen) atoms. The van der Waals surface area contributed by atoms with E-state index in [0.29, 0.717) is 5.92 Å². The van der Waals surface area contributed by atoms with Crippen LogP contribution in [0.1, 0.15) is 43.5 Å². The van der Waals surface area contributed by atoms with Gasteiger partial charge < -0.3 is 9.15 Å². The van der Waals surface area contributed by atoms with Gasteiger partial charge in [-0.15, -0.1) is 0 Å². The van der Waals surface area contributed by atoms with Gasteiger partial charge in [0.2, 0.25) is 0 Å². The molecule has 1 aliphatic heterocycles. The first-order chi connectivity index (χ1) is 8.66. The smallest absolute Gasteiger partial charge is 0.194 e. The highest BCUT2D eigenvalue weighted by Gasteiger charge is 2.14. The van der Waals surface area contributed by atoms with Crippen LogP contribution < -0.4 is 0 Å². The zero-order chi connectivity index (χ0) is 13.0. The minimum atomic E-state index is 0.422. The highest BCUT2D eigenvalue weighted by Crippen LogP contribution is 2.20. The molecule has 4 nitrogen and oxygen atoms in total. The van der Waals surface area contributed by atoms with Gasteiger partial charge in [0.15, 0.2) is 5.89 Å². The fourth-order valence-corrected chi connectivity index (χ4v) is 2.39. The molecular formula is C14H24N2O2. The van der Waals surface area contributed by atoms with Crippen LogP contribution in [0.3, 0.4) is 0 Å². The maximum absolute atomic E-state index is 5.81. The molecule has 0 aliphatic carbocycles. The molecule has 0 N–H and O–H groups in total. The molecule has 4 heteroatoms. The summed E-state index contributed by atoms with van der Waals surface area (Å²) in [7, 11) is 0. The first-order valence-corrected chi connectivity index (χ1v) is 6.93. The lowest BCUT2D eigenvalue weighted by atomic mass is 10.1. The Morgan fingerprint density at radius 1 is 1.28 bits per heavy atom. The van der Waals surface area contributed by atoms with Gasteiger partial charge in [0.05, 0.1) is 18.9 Å². The largest absolute Gasteiger partial charge is 0.445 e. The molecule has 0 spiro atoms. The molecule has 0 saturated carbocycles. The summed E-state index contributed by atoms with van der Waals surface area (Å²) in [4.78, 5) is 6.95. The second-order valence-corrected chi connectivity index (χ2v) is 5.27. The summed E-state index contributed by atoms with van der Waals surface area (Å²) in [6.07, 6.45) is 2.04. The minimum absolute atomic E-state index is 0.422. The molecule has 1 aromatic heterocycles. The lowest BCUT2D eigenvalue weighted by Gasteiger charge is -2.26. The molecule has 0 atom stereocenters. The molecule has 1 aromatic rings. The van der Waals surface area contributed by atoms with Crippen LogP contribution >= 0.6 is 0 Å². The summed E-state index contributed by atoms with van der Waals surface area (Å²) in [5.74, 6) is 2.35. The van der Waals surface area contributed by atoms with E-state index in [0.717, 1.165) is 63.0 Å². The van der Waals surface area contributed by atoms with Crippen molar-refractivity contribution < 1.29 is 9.15 Å². The van der Waals surface area contributed by atoms with Gasteiger partial charge in [-0.1, -0.05) is 13.8 Å². The number of morpholine rings is 1. The number of hydrogen-bond donors (Lipinski definition) is 0. The third-order valence-corrected chi connectivity index (χ3v) is 3.37. The third-order valence-electron chi connectivity index (χ3n) is 3.37. The number of aromatic nitrogens is 1. The fraction of sp³-hybridized carbons (Fsp3) is 0.786. The summed E-state index contributed by atoms with van der Waals surface area (Å²) >= 11 is 0. The van der Waals surface area contributed by atoms with Crippen LogP contribution in [-0.4, -0.2) is 42.7 Å². The Bertz CT molecular complexity index is 368. The average molecular weight is 252 g/mol. The number of aryl methyl sites for hydroxylation is 2. The van der Waals surface area contributed by atoms with Gasteiger partial charge in [0, 0.05) is 25.4 Å². The minimum Gasteiger partial charge on any atom is -0.445 e. The SMILES string of the molecule is Cc1nc(CCCN2CCOCC2)oc1C(C)C. The second-order valence-electron chi connectivity index (χ2n) is 5.27. The molecule has 2 heterocycles. The Balaban J connectivity index is 1.77. The second kappa shape index (κ2) is 6.34. The zero-order valence-electron chi connectivity index (χ0n) is 11.7. The summed E-state index contributed by atoms with van der Waals surface area (Å²) in [6, 6.07) is 0. The van der Waals surface area contributed by atoms with Crippen molar-refractivity contribution in [2.45, 2.75) is 39.5 Å². The van der Waals surface area contributed by atoms with Crippen LogP contribution in [0, 0.1) is 6.92 Å². The lowest BCUT2D eigenvalue weighted by molar-refractivity contribution is 0.0373. The van der Waals surface area contributed by atoms with Crippen LogP contribution in [0.4, 0.5) is 0 Å². The molecule has 1 aliphatic rings. The summed E-state index contributed by atoms with van der Waals surface area (Å²) < 4.78 is 11.1. The van der Waals surface area contributed by atoms with Crippen molar-refractivity contribution >= 4 is 0 Å². The molecule has 0 radical (unpaired) electrons. The van der Waals surface area contributed by atoms with Crippen LogP contribution in [0.25, 0.3) is 0 Å². The summed E-state index contributed by atoms with van der Waals surface area (Å²) in [6.45, 7) is 11.3. The summed E-state index contributed by atoms with van der Waals surface area (Å²) in [5, 5.41) is 0. The Hall–Kier alpha value is -0.870. The van der Waals surface area contributed by atoms with Crippen LogP contribution in [0.15, 0.2) is 4.42 Å². The highest BCUT2D eigenvalue weighted by molar-refractivity contribution is 5.11. The number of ether oxygens (including phenoxy) is 1. The van der Waals surface area contributed by atoms with Gasteiger partial charge in [-0.25, -0.2) is 4.98 Å². The summed E-state index contributed by atoms with van der Waals surface area (Å²) in [5.41, 5.74) is 1.05. The van der Waals surface area contributed by atoms with Crippen molar-refractivity contribution in [2.24, 2.45) is 0 Å². The first-order valence-electron chi connectivity index (χ1n) is 6.93. The quantitative estimate of drug-likeness (QED) is 0.806. The Morgan fingerprint density at radius 2 is 2.00 bits per heavy atom. The maximum Gasteiger partial charge on any atom is 0.194 e. The van der Waals surface area contributed by atoms with Gasteiger partial charge in [-0.2, -0.15) is 0 Å². The van der Waals surface area contributed by atoms with E-state index in [4.69, 9.17) is 9.15 Å². The van der Waals surface area contributed by atoms with E-state index in [9.17, 15) is 0 Å². The number of oxazole rings is 1. The van der Waals surface area contributed by atoms with Crippen molar-refractivity contribution in [3.8, 4) is 0 Å². The lowest BCUT2D eigenvalue weighted by Crippen LogP contribution is -2.36. The molecule has 1 saturated heterocycles. The fourth-order valence-electron chi connectivity index (χ4n) is 2.39. The molecule has 102 valence electrons. The van der Waals surface area contributed by atoms with E-state index in [1.807, 2.05) is 6.92 Å². The Morgan fingerprint density at radius 3 is 2.61 bits per heavy atom. The monoisotopic (exact) mass is 252 g/mol. The van der Waals surface area contributed by atoms with Gasteiger partial charge in [0.25, 0.3) is 0 Å².